The van der Waals surface area contributed by atoms with Crippen LogP contribution < -0.4 is 5.32 Å². The van der Waals surface area contributed by atoms with E-state index in [4.69, 9.17) is 4.74 Å². The molecule has 2 heteroatoms. The van der Waals surface area contributed by atoms with Crippen molar-refractivity contribution in [2.24, 2.45) is 0 Å². The Kier molecular flexibility index (Phi) is 15.3. The van der Waals surface area contributed by atoms with Crippen molar-refractivity contribution in [1.29, 1.82) is 0 Å². The van der Waals surface area contributed by atoms with Crippen LogP contribution in [0, 0.1) is 0 Å². The Bertz CT molecular complexity index is 148. The number of nitrogens with one attached hydrogen (secondary N) is 1. The van der Waals surface area contributed by atoms with Gasteiger partial charge >= 0.3 is 0 Å². The first-order chi connectivity index (χ1) is 8.41. The van der Waals surface area contributed by atoms with E-state index >= 15 is 0 Å². The molecule has 0 aromatic heterocycles. The first-order valence-corrected chi connectivity index (χ1v) is 7.31. The van der Waals surface area contributed by atoms with E-state index in [9.17, 15) is 0 Å². The topological polar surface area (TPSA) is 21.3 Å². The van der Waals surface area contributed by atoms with Crippen LogP contribution >= 0.6 is 0 Å². The maximum Gasteiger partial charge on any atom is 0.0591 e. The van der Waals surface area contributed by atoms with Gasteiger partial charge in [0.05, 0.1) is 13.2 Å². The zero-order valence-corrected chi connectivity index (χ0v) is 11.7. The molecule has 0 bridgehead atoms. The lowest BCUT2D eigenvalue weighted by Gasteiger charge is -2.05. The third-order valence-electron chi connectivity index (χ3n) is 2.85. The normalized spacial score (nSPS) is 10.6. The van der Waals surface area contributed by atoms with E-state index < -0.39 is 0 Å². The number of ether oxygens (including phenoxy) is 1. The van der Waals surface area contributed by atoms with Gasteiger partial charge in [0.2, 0.25) is 0 Å². The van der Waals surface area contributed by atoms with Gasteiger partial charge in [-0.2, -0.15) is 0 Å². The average molecular weight is 241 g/mol. The molecule has 0 unspecified atom stereocenters. The van der Waals surface area contributed by atoms with E-state index in [-0.39, 0.29) is 0 Å². The van der Waals surface area contributed by atoms with Crippen molar-refractivity contribution in [2.45, 2.75) is 58.3 Å². The summed E-state index contributed by atoms with van der Waals surface area (Å²) in [6.45, 7) is 9.67. The van der Waals surface area contributed by atoms with Gasteiger partial charge in [-0.15, -0.1) is 6.58 Å². The van der Waals surface area contributed by atoms with Crippen LogP contribution in [0.1, 0.15) is 58.3 Å². The van der Waals surface area contributed by atoms with E-state index in [1.54, 1.807) is 0 Å². The molecule has 102 valence electrons. The van der Waals surface area contributed by atoms with Crippen molar-refractivity contribution in [3.63, 3.8) is 0 Å². The Hall–Kier alpha value is -0.340. The third-order valence-corrected chi connectivity index (χ3v) is 2.85. The summed E-state index contributed by atoms with van der Waals surface area (Å²) in [5, 5.41) is 3.41. The van der Waals surface area contributed by atoms with Crippen LogP contribution in [0.25, 0.3) is 0 Å². The Morgan fingerprint density at radius 3 is 2.35 bits per heavy atom. The van der Waals surface area contributed by atoms with E-state index in [1.165, 1.54) is 44.9 Å². The smallest absolute Gasteiger partial charge is 0.0591 e. The molecule has 0 atom stereocenters. The molecule has 0 saturated carbocycles. The predicted octanol–water partition coefficient (Wildman–Crippen LogP) is 3.92. The first-order valence-electron chi connectivity index (χ1n) is 7.31. The zero-order valence-electron chi connectivity index (χ0n) is 11.7. The molecule has 0 aliphatic heterocycles. The fourth-order valence-corrected chi connectivity index (χ4v) is 1.75. The fourth-order valence-electron chi connectivity index (χ4n) is 1.75. The Labute approximate surface area is 108 Å². The van der Waals surface area contributed by atoms with E-state index in [1.807, 2.05) is 6.08 Å². The lowest BCUT2D eigenvalue weighted by Crippen LogP contribution is -2.21. The van der Waals surface area contributed by atoms with Crippen molar-refractivity contribution < 1.29 is 4.74 Å². The standard InChI is InChI=1S/C15H31NO/c1-3-5-7-8-9-10-11-12-16-13-15-17-14-6-4-2/h4,16H,2-3,5-15H2,1H3. The van der Waals surface area contributed by atoms with E-state index in [2.05, 4.69) is 18.8 Å². The average Bonchev–Trinajstić information content (AvgIpc) is 2.35. The predicted molar refractivity (Wildman–Crippen MR) is 76.5 cm³/mol. The van der Waals surface area contributed by atoms with Gasteiger partial charge in [0, 0.05) is 6.54 Å². The molecule has 0 heterocycles. The summed E-state index contributed by atoms with van der Waals surface area (Å²) < 4.78 is 5.41. The van der Waals surface area contributed by atoms with Crippen LogP contribution in [0.2, 0.25) is 0 Å². The van der Waals surface area contributed by atoms with Crippen LogP contribution in [0.5, 0.6) is 0 Å². The monoisotopic (exact) mass is 241 g/mol. The van der Waals surface area contributed by atoms with Crippen molar-refractivity contribution in [3.8, 4) is 0 Å². The second kappa shape index (κ2) is 15.7. The lowest BCUT2D eigenvalue weighted by molar-refractivity contribution is 0.140. The van der Waals surface area contributed by atoms with Crippen LogP contribution in [-0.2, 0) is 4.74 Å². The Balaban J connectivity index is 2.87. The van der Waals surface area contributed by atoms with Crippen LogP contribution in [0.4, 0.5) is 0 Å². The molecule has 0 spiro atoms. The maximum absolute atomic E-state index is 5.41. The summed E-state index contributed by atoms with van der Waals surface area (Å²) in [5.41, 5.74) is 0. The summed E-state index contributed by atoms with van der Waals surface area (Å²) >= 11 is 0. The minimum absolute atomic E-state index is 0.808. The Morgan fingerprint density at radius 1 is 0.941 bits per heavy atom. The van der Waals surface area contributed by atoms with E-state index in [0.29, 0.717) is 0 Å². The first kappa shape index (κ1) is 16.7. The highest BCUT2D eigenvalue weighted by molar-refractivity contribution is 4.64. The zero-order chi connectivity index (χ0) is 12.6. The van der Waals surface area contributed by atoms with Gasteiger partial charge in [-0.05, 0) is 19.4 Å². The molecule has 0 aromatic carbocycles. The fraction of sp³-hybridized carbons (Fsp3) is 0.867. The molecule has 0 radical (unpaired) electrons. The molecule has 0 aromatic rings. The molecule has 2 nitrogen and oxygen atoms in total. The molecule has 0 amide bonds. The summed E-state index contributed by atoms with van der Waals surface area (Å²) in [4.78, 5) is 0. The number of rotatable bonds is 14. The summed E-state index contributed by atoms with van der Waals surface area (Å²) in [7, 11) is 0. The van der Waals surface area contributed by atoms with Gasteiger partial charge in [0.25, 0.3) is 0 Å². The molecule has 0 aliphatic rings. The van der Waals surface area contributed by atoms with Crippen LogP contribution in [-0.4, -0.2) is 26.3 Å². The van der Waals surface area contributed by atoms with Crippen LogP contribution in [0.15, 0.2) is 12.7 Å². The quantitative estimate of drug-likeness (QED) is 0.368. The number of unbranched alkanes of at least 4 members (excludes halogenated alkanes) is 6. The van der Waals surface area contributed by atoms with E-state index in [0.717, 1.165) is 32.7 Å². The van der Waals surface area contributed by atoms with Gasteiger partial charge in [-0.1, -0.05) is 51.5 Å². The minimum Gasteiger partial charge on any atom is -0.380 e. The summed E-state index contributed by atoms with van der Waals surface area (Å²) in [6.07, 6.45) is 12.5. The molecule has 1 N–H and O–H groups in total. The lowest BCUT2D eigenvalue weighted by atomic mass is 10.1. The van der Waals surface area contributed by atoms with Gasteiger partial charge in [-0.25, -0.2) is 0 Å². The molecule has 0 rings (SSSR count). The van der Waals surface area contributed by atoms with Gasteiger partial charge < -0.3 is 10.1 Å². The summed E-state index contributed by atoms with van der Waals surface area (Å²) in [6, 6.07) is 0. The Morgan fingerprint density at radius 2 is 1.65 bits per heavy atom. The second-order valence-corrected chi connectivity index (χ2v) is 4.56. The molecule has 0 saturated heterocycles. The van der Waals surface area contributed by atoms with Crippen molar-refractivity contribution in [1.82, 2.24) is 5.32 Å². The third kappa shape index (κ3) is 15.7. The number of hydrogen-bond acceptors (Lipinski definition) is 2. The molecule has 0 fully saturated rings. The highest BCUT2D eigenvalue weighted by Crippen LogP contribution is 2.06. The highest BCUT2D eigenvalue weighted by Gasteiger charge is 1.91. The molecular weight excluding hydrogens is 210 g/mol. The largest absolute Gasteiger partial charge is 0.380 e. The molecular formula is C15H31NO. The molecule has 0 aliphatic carbocycles. The summed E-state index contributed by atoms with van der Waals surface area (Å²) in [5.74, 6) is 0. The van der Waals surface area contributed by atoms with Gasteiger partial charge in [0.15, 0.2) is 0 Å². The van der Waals surface area contributed by atoms with Crippen LogP contribution in [0.3, 0.4) is 0 Å². The van der Waals surface area contributed by atoms with Crippen molar-refractivity contribution >= 4 is 0 Å². The minimum atomic E-state index is 0.808. The maximum atomic E-state index is 5.41. The van der Waals surface area contributed by atoms with Gasteiger partial charge in [0.1, 0.15) is 0 Å². The SMILES string of the molecule is C=CCCOCCNCCCCCCCCC. The van der Waals surface area contributed by atoms with Gasteiger partial charge in [-0.3, -0.25) is 0 Å². The second-order valence-electron chi connectivity index (χ2n) is 4.56. The molecule has 17 heavy (non-hydrogen) atoms. The van der Waals surface area contributed by atoms with Crippen molar-refractivity contribution in [3.05, 3.63) is 12.7 Å². The highest BCUT2D eigenvalue weighted by atomic mass is 16.5. The number of hydrogen-bond donors (Lipinski definition) is 1. The van der Waals surface area contributed by atoms with Crippen molar-refractivity contribution in [2.75, 3.05) is 26.3 Å².